The van der Waals surface area contributed by atoms with Gasteiger partial charge in [0.25, 0.3) is 0 Å². The number of amides is 2. The summed E-state index contributed by atoms with van der Waals surface area (Å²) in [6, 6.07) is 21.6. The molecule has 2 aliphatic heterocycles. The third-order valence-corrected chi connectivity index (χ3v) is 12.3. The smallest absolute Gasteiger partial charge is 0.410 e. The number of nitrogens with zero attached hydrogens (tertiary/aromatic N) is 4. The van der Waals surface area contributed by atoms with Crippen molar-refractivity contribution in [2.75, 3.05) is 52.4 Å². The molecule has 2 saturated heterocycles. The lowest BCUT2D eigenvalue weighted by molar-refractivity contribution is -0.139. The van der Waals surface area contributed by atoms with Gasteiger partial charge in [-0.3, -0.25) is 9.69 Å². The highest BCUT2D eigenvalue weighted by molar-refractivity contribution is 7.89. The van der Waals surface area contributed by atoms with Crippen LogP contribution in [0, 0.1) is 5.92 Å². The Morgan fingerprint density at radius 3 is 1.98 bits per heavy atom. The van der Waals surface area contributed by atoms with E-state index in [-0.39, 0.29) is 23.9 Å². The van der Waals surface area contributed by atoms with Crippen molar-refractivity contribution in [2.24, 2.45) is 5.92 Å². The number of carbonyl (C=O) groups is 2. The first-order valence-electron chi connectivity index (χ1n) is 18.4. The molecule has 3 fully saturated rings. The molecule has 0 aromatic heterocycles. The maximum Gasteiger partial charge on any atom is 0.410 e. The third-order valence-electron chi connectivity index (χ3n) is 10.1. The van der Waals surface area contributed by atoms with Gasteiger partial charge in [-0.15, -0.1) is 0 Å². The third kappa shape index (κ3) is 9.66. The molecule has 6 rings (SSSR count). The van der Waals surface area contributed by atoms with E-state index in [4.69, 9.17) is 21.1 Å². The van der Waals surface area contributed by atoms with E-state index in [9.17, 15) is 18.0 Å². The van der Waals surface area contributed by atoms with Gasteiger partial charge in [0.2, 0.25) is 15.9 Å². The van der Waals surface area contributed by atoms with E-state index in [2.05, 4.69) is 29.2 Å². The molecule has 12 heteroatoms. The van der Waals surface area contributed by atoms with Gasteiger partial charge in [-0.2, -0.15) is 4.31 Å². The second-order valence-corrected chi connectivity index (χ2v) is 17.5. The predicted octanol–water partition coefficient (Wildman–Crippen LogP) is 6.92. The summed E-state index contributed by atoms with van der Waals surface area (Å²) in [4.78, 5) is 32.6. The van der Waals surface area contributed by atoms with Crippen LogP contribution in [-0.2, 0) is 26.1 Å². The first kappa shape index (κ1) is 38.1. The Morgan fingerprint density at radius 2 is 1.37 bits per heavy atom. The van der Waals surface area contributed by atoms with Crippen LogP contribution in [0.4, 0.5) is 4.79 Å². The number of hydrogen-bond acceptors (Lipinski definition) is 7. The van der Waals surface area contributed by atoms with E-state index in [1.54, 1.807) is 34.1 Å². The van der Waals surface area contributed by atoms with Crippen molar-refractivity contribution in [1.29, 1.82) is 0 Å². The maximum atomic E-state index is 14.3. The van der Waals surface area contributed by atoms with E-state index in [1.807, 2.05) is 45.0 Å². The zero-order valence-electron chi connectivity index (χ0n) is 30.5. The number of ether oxygens (including phenoxy) is 2. The summed E-state index contributed by atoms with van der Waals surface area (Å²) in [6.45, 7) is 8.75. The normalized spacial score (nSPS) is 19.7. The molecule has 0 unspecified atom stereocenters. The highest BCUT2D eigenvalue weighted by Crippen LogP contribution is 2.29. The van der Waals surface area contributed by atoms with Crippen LogP contribution in [0.15, 0.2) is 77.7 Å². The molecule has 2 amide bonds. The minimum atomic E-state index is -4.02. The van der Waals surface area contributed by atoms with E-state index < -0.39 is 27.8 Å². The van der Waals surface area contributed by atoms with Gasteiger partial charge >= 0.3 is 6.09 Å². The summed E-state index contributed by atoms with van der Waals surface area (Å²) >= 11 is 6.07. The highest BCUT2D eigenvalue weighted by atomic mass is 35.5. The molecular formula is C40H51ClN4O6S. The van der Waals surface area contributed by atoms with Crippen molar-refractivity contribution in [3.8, 4) is 16.9 Å². The Morgan fingerprint density at radius 1 is 0.769 bits per heavy atom. The second-order valence-electron chi connectivity index (χ2n) is 15.1. The molecule has 0 bridgehead atoms. The van der Waals surface area contributed by atoms with Gasteiger partial charge in [0, 0.05) is 57.4 Å². The standard InChI is InChI=1S/C40H51ClN4O6S/c1-40(2,3)51-39(47)44-24-22-43(23-25-44)38(46)37-28-42(27-30-9-11-32(12-10-30)33-13-15-34(41)16-14-33)21-26-45(37)52(48,49)36-19-17-35(18-20-36)50-29-31-7-5-4-6-8-31/h9-20,31,37H,4-8,21-29H2,1-3H3/t37-/m1/s1. The fourth-order valence-corrected chi connectivity index (χ4v) is 8.91. The minimum absolute atomic E-state index is 0.135. The number of sulfonamides is 1. The molecule has 0 spiro atoms. The summed E-state index contributed by atoms with van der Waals surface area (Å²) in [6.07, 6.45) is 5.65. The van der Waals surface area contributed by atoms with Crippen LogP contribution in [0.5, 0.6) is 5.75 Å². The van der Waals surface area contributed by atoms with E-state index in [0.29, 0.717) is 62.6 Å². The average Bonchev–Trinajstić information content (AvgIpc) is 3.14. The molecule has 1 aliphatic carbocycles. The molecule has 1 saturated carbocycles. The SMILES string of the molecule is CC(C)(C)OC(=O)N1CCN(C(=O)[C@H]2CN(Cc3ccc(-c4ccc(Cl)cc4)cc3)CCN2S(=O)(=O)c2ccc(OCC3CCCCC3)cc2)CC1. The second kappa shape index (κ2) is 16.6. The summed E-state index contributed by atoms with van der Waals surface area (Å²) in [5, 5.41) is 0.687. The zero-order chi connectivity index (χ0) is 36.9. The average molecular weight is 751 g/mol. The maximum absolute atomic E-state index is 14.3. The Labute approximate surface area is 313 Å². The number of halogens is 1. The Bertz CT molecular complexity index is 1770. The van der Waals surface area contributed by atoms with Crippen LogP contribution < -0.4 is 4.74 Å². The van der Waals surface area contributed by atoms with Gasteiger partial charge in [-0.05, 0) is 92.6 Å². The van der Waals surface area contributed by atoms with Gasteiger partial charge in [0.15, 0.2) is 0 Å². The lowest BCUT2D eigenvalue weighted by atomic mass is 9.90. The molecule has 280 valence electrons. The number of carbonyl (C=O) groups excluding carboxylic acids is 2. The largest absolute Gasteiger partial charge is 0.493 e. The van der Waals surface area contributed by atoms with Crippen molar-refractivity contribution < 1.29 is 27.5 Å². The summed E-state index contributed by atoms with van der Waals surface area (Å²) in [5.74, 6) is 0.919. The van der Waals surface area contributed by atoms with Gasteiger partial charge < -0.3 is 19.3 Å². The summed E-state index contributed by atoms with van der Waals surface area (Å²) in [5.41, 5.74) is 2.58. The van der Waals surface area contributed by atoms with Crippen molar-refractivity contribution in [3.63, 3.8) is 0 Å². The molecule has 1 atom stereocenters. The quantitative estimate of drug-likeness (QED) is 0.234. The van der Waals surface area contributed by atoms with Crippen LogP contribution in [0.3, 0.4) is 0 Å². The lowest BCUT2D eigenvalue weighted by Crippen LogP contribution is -2.62. The number of hydrogen-bond donors (Lipinski definition) is 0. The van der Waals surface area contributed by atoms with Gasteiger partial charge in [-0.25, -0.2) is 13.2 Å². The number of benzene rings is 3. The van der Waals surface area contributed by atoms with Crippen LogP contribution in [0.25, 0.3) is 11.1 Å². The molecular weight excluding hydrogens is 700 g/mol. The molecule has 3 aromatic carbocycles. The molecule has 3 aliphatic rings. The van der Waals surface area contributed by atoms with Gasteiger partial charge in [0.1, 0.15) is 17.4 Å². The monoisotopic (exact) mass is 750 g/mol. The van der Waals surface area contributed by atoms with Crippen LogP contribution in [-0.4, -0.2) is 103 Å². The van der Waals surface area contributed by atoms with E-state index in [1.165, 1.54) is 36.4 Å². The fraction of sp³-hybridized carbons (Fsp3) is 0.500. The number of rotatable bonds is 9. The van der Waals surface area contributed by atoms with Crippen molar-refractivity contribution >= 4 is 33.6 Å². The Balaban J connectivity index is 1.16. The molecule has 0 radical (unpaired) electrons. The zero-order valence-corrected chi connectivity index (χ0v) is 32.1. The van der Waals surface area contributed by atoms with Crippen molar-refractivity contribution in [2.45, 2.75) is 76.0 Å². The van der Waals surface area contributed by atoms with Gasteiger partial charge in [-0.1, -0.05) is 67.3 Å². The molecule has 2 heterocycles. The summed E-state index contributed by atoms with van der Waals surface area (Å²) in [7, 11) is -4.02. The van der Waals surface area contributed by atoms with Crippen LogP contribution in [0.1, 0.15) is 58.4 Å². The van der Waals surface area contributed by atoms with E-state index >= 15 is 0 Å². The van der Waals surface area contributed by atoms with Crippen molar-refractivity contribution in [3.05, 3.63) is 83.4 Å². The van der Waals surface area contributed by atoms with E-state index in [0.717, 1.165) is 16.7 Å². The fourth-order valence-electron chi connectivity index (χ4n) is 7.22. The topological polar surface area (TPSA) is 99.7 Å². The van der Waals surface area contributed by atoms with Crippen LogP contribution >= 0.6 is 11.6 Å². The highest BCUT2D eigenvalue weighted by Gasteiger charge is 2.42. The Kier molecular flexibility index (Phi) is 12.1. The molecule has 0 N–H and O–H groups in total. The van der Waals surface area contributed by atoms with Crippen molar-refractivity contribution in [1.82, 2.24) is 19.0 Å². The molecule has 3 aromatic rings. The summed E-state index contributed by atoms with van der Waals surface area (Å²) < 4.78 is 41.4. The minimum Gasteiger partial charge on any atom is -0.493 e. The first-order valence-corrected chi connectivity index (χ1v) is 20.3. The molecule has 10 nitrogen and oxygen atoms in total. The lowest BCUT2D eigenvalue weighted by Gasteiger charge is -2.43. The molecule has 52 heavy (non-hydrogen) atoms. The van der Waals surface area contributed by atoms with Crippen LogP contribution in [0.2, 0.25) is 5.02 Å². The first-order chi connectivity index (χ1) is 24.9. The van der Waals surface area contributed by atoms with Gasteiger partial charge in [0.05, 0.1) is 11.5 Å². The predicted molar refractivity (Wildman–Crippen MR) is 203 cm³/mol. The number of piperazine rings is 2. The Hall–Kier alpha value is -3.64.